The van der Waals surface area contributed by atoms with Gasteiger partial charge in [-0.1, -0.05) is 6.07 Å². The lowest BCUT2D eigenvalue weighted by Gasteiger charge is -2.34. The summed E-state index contributed by atoms with van der Waals surface area (Å²) in [7, 11) is -3.33. The van der Waals surface area contributed by atoms with Crippen LogP contribution in [0.1, 0.15) is 36.8 Å². The summed E-state index contributed by atoms with van der Waals surface area (Å²) in [5.41, 5.74) is -1.35. The average Bonchev–Trinajstić information content (AvgIpc) is 3.15. The van der Waals surface area contributed by atoms with Gasteiger partial charge in [-0.2, -0.15) is 13.2 Å². The number of hydrogen-bond acceptors (Lipinski definition) is 3. The highest BCUT2D eigenvalue weighted by atomic mass is 32.2. The SMILES string of the molecule is CS(=O)(=O)NCC1CCCN1C1(c2ccc(F)c(C(F)(F)F)c2)CC1. The summed E-state index contributed by atoms with van der Waals surface area (Å²) in [6, 6.07) is 3.12. The zero-order valence-electron chi connectivity index (χ0n) is 13.7. The van der Waals surface area contributed by atoms with E-state index >= 15 is 0 Å². The second-order valence-corrected chi connectivity index (χ2v) is 8.67. The molecule has 0 radical (unpaired) electrons. The number of likely N-dealkylation sites (tertiary alicyclic amines) is 1. The van der Waals surface area contributed by atoms with Gasteiger partial charge in [-0.05, 0) is 49.9 Å². The maximum Gasteiger partial charge on any atom is 0.419 e. The van der Waals surface area contributed by atoms with Crippen LogP contribution in [0.4, 0.5) is 17.6 Å². The van der Waals surface area contributed by atoms with Crippen LogP contribution in [-0.4, -0.2) is 38.7 Å². The standard InChI is InChI=1S/C16H20F4N2O2S/c1-25(23,24)21-10-12-3-2-8-22(12)15(6-7-15)11-4-5-14(17)13(9-11)16(18,19)20/h4-5,9,12,21H,2-3,6-8,10H2,1H3. The maximum absolute atomic E-state index is 13.6. The Morgan fingerprint density at radius 2 is 2.00 bits per heavy atom. The Kier molecular flexibility index (Phi) is 4.62. The van der Waals surface area contributed by atoms with Crippen LogP contribution < -0.4 is 4.72 Å². The fourth-order valence-corrected chi connectivity index (χ4v) is 4.25. The van der Waals surface area contributed by atoms with E-state index in [0.29, 0.717) is 24.9 Å². The Morgan fingerprint density at radius 3 is 2.56 bits per heavy atom. The van der Waals surface area contributed by atoms with Crippen molar-refractivity contribution in [2.45, 2.75) is 43.4 Å². The number of nitrogens with one attached hydrogen (secondary N) is 1. The first-order valence-electron chi connectivity index (χ1n) is 8.11. The van der Waals surface area contributed by atoms with Crippen molar-refractivity contribution < 1.29 is 26.0 Å². The highest BCUT2D eigenvalue weighted by Gasteiger charge is 2.53. The number of rotatable bonds is 5. The molecule has 0 bridgehead atoms. The van der Waals surface area contributed by atoms with Crippen LogP contribution in [-0.2, 0) is 21.7 Å². The van der Waals surface area contributed by atoms with Gasteiger partial charge in [0.15, 0.2) is 0 Å². The summed E-state index contributed by atoms with van der Waals surface area (Å²) in [6.45, 7) is 0.919. The molecule has 1 aliphatic carbocycles. The number of alkyl halides is 3. The molecule has 1 aliphatic heterocycles. The Bertz CT molecular complexity index is 760. The molecule has 0 aromatic heterocycles. The molecule has 9 heteroatoms. The topological polar surface area (TPSA) is 49.4 Å². The van der Waals surface area contributed by atoms with Crippen molar-refractivity contribution in [1.29, 1.82) is 0 Å². The Hall–Kier alpha value is -1.19. The number of nitrogens with zero attached hydrogens (tertiary/aromatic N) is 1. The molecule has 140 valence electrons. The molecular weight excluding hydrogens is 360 g/mol. The van der Waals surface area contributed by atoms with E-state index < -0.39 is 33.1 Å². The first kappa shape index (κ1) is 18.6. The molecule has 2 aliphatic rings. The maximum atomic E-state index is 13.6. The molecule has 1 aromatic rings. The highest BCUT2D eigenvalue weighted by molar-refractivity contribution is 7.88. The van der Waals surface area contributed by atoms with E-state index in [4.69, 9.17) is 0 Å². The van der Waals surface area contributed by atoms with Gasteiger partial charge < -0.3 is 0 Å². The van der Waals surface area contributed by atoms with E-state index in [1.807, 2.05) is 0 Å². The molecule has 1 aromatic carbocycles. The molecule has 1 saturated heterocycles. The van der Waals surface area contributed by atoms with Gasteiger partial charge in [-0.25, -0.2) is 17.5 Å². The summed E-state index contributed by atoms with van der Waals surface area (Å²) in [6.07, 6.45) is -0.660. The van der Waals surface area contributed by atoms with Gasteiger partial charge in [0, 0.05) is 18.1 Å². The highest BCUT2D eigenvalue weighted by Crippen LogP contribution is 2.54. The minimum Gasteiger partial charge on any atom is -0.289 e. The van der Waals surface area contributed by atoms with E-state index in [9.17, 15) is 26.0 Å². The van der Waals surface area contributed by atoms with Crippen LogP contribution >= 0.6 is 0 Å². The molecule has 4 nitrogen and oxygen atoms in total. The Labute approximate surface area is 144 Å². The quantitative estimate of drug-likeness (QED) is 0.800. The van der Waals surface area contributed by atoms with Crippen molar-refractivity contribution >= 4 is 10.0 Å². The van der Waals surface area contributed by atoms with Gasteiger partial charge in [0.2, 0.25) is 10.0 Å². The normalized spacial score (nSPS) is 23.8. The van der Waals surface area contributed by atoms with E-state index in [1.165, 1.54) is 6.07 Å². The van der Waals surface area contributed by atoms with Gasteiger partial charge >= 0.3 is 6.18 Å². The summed E-state index contributed by atoms with van der Waals surface area (Å²) in [5.74, 6) is -1.27. The summed E-state index contributed by atoms with van der Waals surface area (Å²) >= 11 is 0. The lowest BCUT2D eigenvalue weighted by atomic mass is 9.99. The van der Waals surface area contributed by atoms with Gasteiger partial charge in [-0.3, -0.25) is 4.90 Å². The van der Waals surface area contributed by atoms with E-state index in [1.54, 1.807) is 0 Å². The first-order valence-corrected chi connectivity index (χ1v) is 10.0. The monoisotopic (exact) mass is 380 g/mol. The van der Waals surface area contributed by atoms with Gasteiger partial charge in [0.1, 0.15) is 5.82 Å². The second kappa shape index (κ2) is 6.21. The van der Waals surface area contributed by atoms with E-state index in [2.05, 4.69) is 9.62 Å². The third-order valence-corrected chi connectivity index (χ3v) is 5.73. The van der Waals surface area contributed by atoms with Crippen LogP contribution in [0.25, 0.3) is 0 Å². The summed E-state index contributed by atoms with van der Waals surface area (Å²) < 4.78 is 77.7. The molecule has 1 heterocycles. The van der Waals surface area contributed by atoms with Crippen molar-refractivity contribution in [2.24, 2.45) is 0 Å². The van der Waals surface area contributed by atoms with E-state index in [0.717, 1.165) is 31.2 Å². The molecule has 0 spiro atoms. The first-order chi connectivity index (χ1) is 11.5. The van der Waals surface area contributed by atoms with Crippen LogP contribution in [0, 0.1) is 5.82 Å². The molecule has 3 rings (SSSR count). The van der Waals surface area contributed by atoms with Gasteiger partial charge in [0.05, 0.1) is 11.8 Å². The van der Waals surface area contributed by atoms with Crippen LogP contribution in [0.3, 0.4) is 0 Å². The zero-order valence-corrected chi connectivity index (χ0v) is 14.6. The molecular formula is C16H20F4N2O2S. The van der Waals surface area contributed by atoms with Crippen molar-refractivity contribution in [3.63, 3.8) is 0 Å². The zero-order chi connectivity index (χ0) is 18.5. The number of halogens is 4. The fourth-order valence-electron chi connectivity index (χ4n) is 3.75. The number of hydrogen-bond donors (Lipinski definition) is 1. The molecule has 0 amide bonds. The third kappa shape index (κ3) is 3.83. The molecule has 2 fully saturated rings. The lowest BCUT2D eigenvalue weighted by molar-refractivity contribution is -0.140. The van der Waals surface area contributed by atoms with Crippen molar-refractivity contribution in [3.05, 3.63) is 35.1 Å². The smallest absolute Gasteiger partial charge is 0.289 e. The predicted octanol–water partition coefficient (Wildman–Crippen LogP) is 2.85. The minimum atomic E-state index is -4.74. The molecule has 1 unspecified atom stereocenters. The summed E-state index contributed by atoms with van der Waals surface area (Å²) in [4.78, 5) is 2.08. The second-order valence-electron chi connectivity index (χ2n) is 6.83. The largest absolute Gasteiger partial charge is 0.419 e. The van der Waals surface area contributed by atoms with Gasteiger partial charge in [0.25, 0.3) is 0 Å². The lowest BCUT2D eigenvalue weighted by Crippen LogP contribution is -2.45. The van der Waals surface area contributed by atoms with Crippen molar-refractivity contribution in [2.75, 3.05) is 19.3 Å². The van der Waals surface area contributed by atoms with Crippen molar-refractivity contribution in [3.8, 4) is 0 Å². The number of benzene rings is 1. The summed E-state index contributed by atoms with van der Waals surface area (Å²) in [5, 5.41) is 0. The average molecular weight is 380 g/mol. The predicted molar refractivity (Wildman–Crippen MR) is 84.9 cm³/mol. The van der Waals surface area contributed by atoms with Crippen LogP contribution in [0.2, 0.25) is 0 Å². The minimum absolute atomic E-state index is 0.0726. The Balaban J connectivity index is 1.87. The van der Waals surface area contributed by atoms with Crippen LogP contribution in [0.5, 0.6) is 0 Å². The molecule has 1 atom stereocenters. The van der Waals surface area contributed by atoms with E-state index in [-0.39, 0.29) is 12.6 Å². The molecule has 1 N–H and O–H groups in total. The molecule has 1 saturated carbocycles. The van der Waals surface area contributed by atoms with Gasteiger partial charge in [-0.15, -0.1) is 0 Å². The third-order valence-electron chi connectivity index (χ3n) is 5.04. The number of sulfonamides is 1. The van der Waals surface area contributed by atoms with Crippen molar-refractivity contribution in [1.82, 2.24) is 9.62 Å². The van der Waals surface area contributed by atoms with Crippen LogP contribution in [0.15, 0.2) is 18.2 Å². The molecule has 25 heavy (non-hydrogen) atoms. The Morgan fingerprint density at radius 1 is 1.32 bits per heavy atom. The fraction of sp³-hybridized carbons (Fsp3) is 0.625.